The highest BCUT2D eigenvalue weighted by molar-refractivity contribution is 6.20. The molecule has 1 aromatic carbocycles. The van der Waals surface area contributed by atoms with Crippen molar-refractivity contribution in [3.63, 3.8) is 0 Å². The normalized spacial score (nSPS) is 12.1. The van der Waals surface area contributed by atoms with Gasteiger partial charge >= 0.3 is 5.97 Å². The van der Waals surface area contributed by atoms with Crippen LogP contribution in [0.1, 0.15) is 5.56 Å². The van der Waals surface area contributed by atoms with Crippen LogP contribution in [0.4, 0.5) is 0 Å². The van der Waals surface area contributed by atoms with E-state index in [2.05, 4.69) is 10.1 Å². The zero-order valence-corrected chi connectivity index (χ0v) is 9.33. The van der Waals surface area contributed by atoms with Crippen LogP contribution < -0.4 is 5.32 Å². The Morgan fingerprint density at radius 3 is 2.73 bits per heavy atom. The number of methoxy groups -OCH3 is 1. The van der Waals surface area contributed by atoms with Crippen LogP contribution in [0.25, 0.3) is 0 Å². The number of esters is 1. The molecule has 15 heavy (non-hydrogen) atoms. The minimum atomic E-state index is -0.311. The first-order valence-corrected chi connectivity index (χ1v) is 5.14. The predicted molar refractivity (Wildman–Crippen MR) is 59.8 cm³/mol. The molecule has 1 N–H and O–H groups in total. The summed E-state index contributed by atoms with van der Waals surface area (Å²) >= 11 is 6.00. The maximum Gasteiger partial charge on any atom is 0.319 e. The molecule has 1 rings (SSSR count). The second kappa shape index (κ2) is 6.43. The second-order valence-corrected chi connectivity index (χ2v) is 3.64. The predicted octanol–water partition coefficient (Wildman–Crippen LogP) is 1.56. The third kappa shape index (κ3) is 4.81. The van der Waals surface area contributed by atoms with Crippen molar-refractivity contribution in [3.8, 4) is 0 Å². The molecule has 4 heteroatoms. The second-order valence-electron chi connectivity index (χ2n) is 3.11. The van der Waals surface area contributed by atoms with Gasteiger partial charge in [-0.05, 0) is 5.56 Å². The van der Waals surface area contributed by atoms with E-state index in [-0.39, 0.29) is 18.0 Å². The summed E-state index contributed by atoms with van der Waals surface area (Å²) < 4.78 is 4.49. The van der Waals surface area contributed by atoms with Gasteiger partial charge in [-0.1, -0.05) is 30.3 Å². The fourth-order valence-electron chi connectivity index (χ4n) is 1.16. The quantitative estimate of drug-likeness (QED) is 0.471. The minimum absolute atomic E-state index is 0.136. The number of hydrogen-bond donors (Lipinski definition) is 1. The van der Waals surface area contributed by atoms with Gasteiger partial charge in [0.15, 0.2) is 0 Å². The van der Waals surface area contributed by atoms with Gasteiger partial charge in [0.1, 0.15) is 0 Å². The van der Waals surface area contributed by atoms with Crippen molar-refractivity contribution in [2.24, 2.45) is 0 Å². The molecule has 1 aromatic rings. The maximum atomic E-state index is 10.8. The average molecular weight is 228 g/mol. The lowest BCUT2D eigenvalue weighted by Gasteiger charge is -2.10. The Balaban J connectivity index is 2.30. The molecule has 3 nitrogen and oxygen atoms in total. The first-order valence-electron chi connectivity index (χ1n) is 4.70. The molecule has 0 saturated carbocycles. The standard InChI is InChI=1S/C11H14ClNO2/c1-15-11(14)8-13-10(12)7-9-5-3-2-4-6-9/h2-6,10,13H,7-8H2,1H3. The monoisotopic (exact) mass is 227 g/mol. The largest absolute Gasteiger partial charge is 0.468 e. The Labute approximate surface area is 94.4 Å². The fourth-order valence-corrected chi connectivity index (χ4v) is 1.41. The molecule has 0 bridgehead atoms. The molecule has 0 saturated heterocycles. The summed E-state index contributed by atoms with van der Waals surface area (Å²) in [5.74, 6) is -0.311. The number of rotatable bonds is 5. The highest BCUT2D eigenvalue weighted by Gasteiger charge is 2.07. The SMILES string of the molecule is COC(=O)CNC(Cl)Cc1ccccc1. The van der Waals surface area contributed by atoms with Crippen molar-refractivity contribution in [1.82, 2.24) is 5.32 Å². The highest BCUT2D eigenvalue weighted by Crippen LogP contribution is 2.05. The summed E-state index contributed by atoms with van der Waals surface area (Å²) in [5, 5.41) is 2.87. The van der Waals surface area contributed by atoms with Crippen LogP contribution >= 0.6 is 11.6 Å². The van der Waals surface area contributed by atoms with E-state index in [0.717, 1.165) is 5.56 Å². The number of carbonyl (C=O) groups excluding carboxylic acids is 1. The van der Waals surface area contributed by atoms with Gasteiger partial charge in [-0.15, -0.1) is 11.6 Å². The van der Waals surface area contributed by atoms with Crippen molar-refractivity contribution < 1.29 is 9.53 Å². The van der Waals surface area contributed by atoms with Gasteiger partial charge in [-0.25, -0.2) is 0 Å². The molecule has 82 valence electrons. The van der Waals surface area contributed by atoms with Gasteiger partial charge in [-0.3, -0.25) is 10.1 Å². The molecule has 0 spiro atoms. The van der Waals surface area contributed by atoms with Crippen LogP contribution in [0.5, 0.6) is 0 Å². The lowest BCUT2D eigenvalue weighted by atomic mass is 10.1. The number of benzene rings is 1. The highest BCUT2D eigenvalue weighted by atomic mass is 35.5. The van der Waals surface area contributed by atoms with Crippen LogP contribution in [-0.2, 0) is 16.0 Å². The molecule has 0 fully saturated rings. The Hall–Kier alpha value is -1.06. The van der Waals surface area contributed by atoms with Gasteiger partial charge in [0.25, 0.3) is 0 Å². The van der Waals surface area contributed by atoms with Crippen LogP contribution in [0.3, 0.4) is 0 Å². The van der Waals surface area contributed by atoms with Crippen molar-refractivity contribution in [3.05, 3.63) is 35.9 Å². The lowest BCUT2D eigenvalue weighted by Crippen LogP contribution is -2.31. The topological polar surface area (TPSA) is 38.3 Å². The number of carbonyl (C=O) groups is 1. The first-order chi connectivity index (χ1) is 7.22. The van der Waals surface area contributed by atoms with Gasteiger partial charge in [0.2, 0.25) is 0 Å². The van der Waals surface area contributed by atoms with Crippen LogP contribution in [-0.4, -0.2) is 25.1 Å². The molecule has 0 aliphatic rings. The molecule has 0 heterocycles. The number of nitrogens with one attached hydrogen (secondary N) is 1. The summed E-state index contributed by atoms with van der Waals surface area (Å²) in [4.78, 5) is 10.8. The molecule has 0 amide bonds. The smallest absolute Gasteiger partial charge is 0.319 e. The van der Waals surface area contributed by atoms with E-state index in [1.807, 2.05) is 30.3 Å². The zero-order chi connectivity index (χ0) is 11.1. The number of ether oxygens (including phenoxy) is 1. The third-order valence-corrected chi connectivity index (χ3v) is 2.26. The summed E-state index contributed by atoms with van der Waals surface area (Å²) in [6.45, 7) is 0.136. The van der Waals surface area contributed by atoms with Gasteiger partial charge in [0.05, 0.1) is 19.2 Å². The molecule has 1 unspecified atom stereocenters. The average Bonchev–Trinajstić information content (AvgIpc) is 2.27. The van der Waals surface area contributed by atoms with E-state index >= 15 is 0 Å². The zero-order valence-electron chi connectivity index (χ0n) is 8.57. The third-order valence-electron chi connectivity index (χ3n) is 1.95. The molecule has 0 radical (unpaired) electrons. The van der Waals surface area contributed by atoms with E-state index in [0.29, 0.717) is 6.42 Å². The molecular formula is C11H14ClNO2. The lowest BCUT2D eigenvalue weighted by molar-refractivity contribution is -0.139. The van der Waals surface area contributed by atoms with E-state index in [9.17, 15) is 4.79 Å². The van der Waals surface area contributed by atoms with Crippen molar-refractivity contribution in [1.29, 1.82) is 0 Å². The summed E-state index contributed by atoms with van der Waals surface area (Å²) in [7, 11) is 1.35. The molecule has 0 aliphatic heterocycles. The molecule has 1 atom stereocenters. The molecule has 0 aliphatic carbocycles. The van der Waals surface area contributed by atoms with Crippen molar-refractivity contribution >= 4 is 17.6 Å². The van der Waals surface area contributed by atoms with Gasteiger partial charge in [0, 0.05) is 6.42 Å². The van der Waals surface area contributed by atoms with Crippen LogP contribution in [0.2, 0.25) is 0 Å². The van der Waals surface area contributed by atoms with E-state index in [1.54, 1.807) is 0 Å². The number of alkyl halides is 1. The Morgan fingerprint density at radius 2 is 2.13 bits per heavy atom. The van der Waals surface area contributed by atoms with Crippen molar-refractivity contribution in [2.75, 3.05) is 13.7 Å². The molecular weight excluding hydrogens is 214 g/mol. The Morgan fingerprint density at radius 1 is 1.47 bits per heavy atom. The summed E-state index contributed by atoms with van der Waals surface area (Å²) in [5.41, 5.74) is 0.876. The number of halogens is 1. The Kier molecular flexibility index (Phi) is 5.15. The Bertz CT molecular complexity index is 303. The minimum Gasteiger partial charge on any atom is -0.468 e. The van der Waals surface area contributed by atoms with E-state index in [1.165, 1.54) is 7.11 Å². The summed E-state index contributed by atoms with van der Waals surface area (Å²) in [6.07, 6.45) is 0.680. The fraction of sp³-hybridized carbons (Fsp3) is 0.364. The van der Waals surface area contributed by atoms with Gasteiger partial charge in [-0.2, -0.15) is 0 Å². The van der Waals surface area contributed by atoms with Gasteiger partial charge < -0.3 is 4.74 Å². The molecule has 0 aromatic heterocycles. The van der Waals surface area contributed by atoms with E-state index < -0.39 is 0 Å². The maximum absolute atomic E-state index is 10.8. The van der Waals surface area contributed by atoms with Crippen LogP contribution in [0.15, 0.2) is 30.3 Å². The van der Waals surface area contributed by atoms with E-state index in [4.69, 9.17) is 11.6 Å². The first kappa shape index (κ1) is 12.0. The van der Waals surface area contributed by atoms with Crippen molar-refractivity contribution in [2.45, 2.75) is 11.9 Å². The number of hydrogen-bond acceptors (Lipinski definition) is 3. The summed E-state index contributed by atoms with van der Waals surface area (Å²) in [6, 6.07) is 9.86. The van der Waals surface area contributed by atoms with Crippen LogP contribution in [0, 0.1) is 0 Å².